The van der Waals surface area contributed by atoms with E-state index in [2.05, 4.69) is 0 Å². The second-order valence-corrected chi connectivity index (χ2v) is 5.33. The lowest BCUT2D eigenvalue weighted by atomic mass is 10.1. The van der Waals surface area contributed by atoms with Crippen LogP contribution in [0.5, 0.6) is 0 Å². The van der Waals surface area contributed by atoms with Crippen molar-refractivity contribution in [3.63, 3.8) is 0 Å². The number of hydrogen-bond acceptors (Lipinski definition) is 3. The molecule has 4 nitrogen and oxygen atoms in total. The van der Waals surface area contributed by atoms with Gasteiger partial charge in [-0.1, -0.05) is 17.7 Å². The van der Waals surface area contributed by atoms with Crippen LogP contribution in [0, 0.1) is 0 Å². The highest BCUT2D eigenvalue weighted by molar-refractivity contribution is 7.90. The van der Waals surface area contributed by atoms with Gasteiger partial charge in [0.2, 0.25) is 15.3 Å². The lowest BCUT2D eigenvalue weighted by Gasteiger charge is -2.17. The van der Waals surface area contributed by atoms with Crippen LogP contribution < -0.4 is 5.14 Å². The van der Waals surface area contributed by atoms with E-state index in [4.69, 9.17) is 28.3 Å². The molecule has 0 heterocycles. The van der Waals surface area contributed by atoms with Gasteiger partial charge in [0.05, 0.1) is 0 Å². The zero-order valence-electron chi connectivity index (χ0n) is 6.91. The molecule has 0 aromatic carbocycles. The van der Waals surface area contributed by atoms with Crippen LogP contribution in [0.1, 0.15) is 6.42 Å². The second kappa shape index (κ2) is 4.02. The van der Waals surface area contributed by atoms with Crippen LogP contribution >= 0.6 is 23.2 Å². The lowest BCUT2D eigenvalue weighted by Crippen LogP contribution is -2.31. The molecular formula is C7H7Cl2NO3S. The smallest absolute Gasteiger partial charge is 0.248 e. The highest BCUT2D eigenvalue weighted by atomic mass is 35.5. The molecule has 0 saturated heterocycles. The zero-order chi connectivity index (χ0) is 10.9. The van der Waals surface area contributed by atoms with Crippen LogP contribution in [0.3, 0.4) is 0 Å². The topological polar surface area (TPSA) is 77.2 Å². The van der Waals surface area contributed by atoms with E-state index in [1.54, 1.807) is 0 Å². The van der Waals surface area contributed by atoms with Gasteiger partial charge >= 0.3 is 0 Å². The maximum Gasteiger partial charge on any atom is 0.248 e. The summed E-state index contributed by atoms with van der Waals surface area (Å²) in [5, 5.41) is 3.26. The maximum atomic E-state index is 11.0. The minimum atomic E-state index is -3.79. The third-order valence-corrected chi connectivity index (χ3v) is 3.78. The Morgan fingerprint density at radius 1 is 1.50 bits per heavy atom. The zero-order valence-corrected chi connectivity index (χ0v) is 9.23. The Hall–Kier alpha value is -0.360. The fourth-order valence-electron chi connectivity index (χ4n) is 1.07. The molecule has 0 bridgehead atoms. The van der Waals surface area contributed by atoms with E-state index in [-0.39, 0.29) is 17.0 Å². The largest absolute Gasteiger partial charge is 0.276 e. The van der Waals surface area contributed by atoms with Crippen LogP contribution in [0.25, 0.3) is 0 Å². The molecule has 1 atom stereocenters. The molecule has 0 saturated carbocycles. The number of carbonyl (C=O) groups excluding carboxylic acids is 1. The van der Waals surface area contributed by atoms with Gasteiger partial charge in [-0.05, 0) is 17.7 Å². The van der Waals surface area contributed by atoms with Crippen LogP contribution in [-0.2, 0) is 14.8 Å². The number of rotatable bonds is 2. The van der Waals surface area contributed by atoms with Crippen LogP contribution in [0.4, 0.5) is 0 Å². The molecule has 1 aliphatic rings. The van der Waals surface area contributed by atoms with Crippen molar-refractivity contribution in [1.82, 2.24) is 0 Å². The summed E-state index contributed by atoms with van der Waals surface area (Å²) < 4.78 is 22.1. The van der Waals surface area contributed by atoms with Gasteiger partial charge in [-0.2, -0.15) is 0 Å². The van der Waals surface area contributed by atoms with Gasteiger partial charge in [0.15, 0.2) is 0 Å². The normalized spacial score (nSPS) is 22.6. The van der Waals surface area contributed by atoms with Gasteiger partial charge in [0, 0.05) is 17.0 Å². The summed E-state index contributed by atoms with van der Waals surface area (Å²) in [6.07, 6.45) is 2.63. The Morgan fingerprint density at radius 3 is 2.50 bits per heavy atom. The number of carbonyl (C=O) groups is 1. The Bertz CT molecular complexity index is 424. The molecule has 0 aliphatic heterocycles. The number of halogens is 2. The van der Waals surface area contributed by atoms with E-state index >= 15 is 0 Å². The van der Waals surface area contributed by atoms with E-state index in [9.17, 15) is 13.2 Å². The Labute approximate surface area is 91.4 Å². The van der Waals surface area contributed by atoms with Crippen LogP contribution in [0.15, 0.2) is 22.8 Å². The summed E-state index contributed by atoms with van der Waals surface area (Å²) in [6, 6.07) is 0. The summed E-state index contributed by atoms with van der Waals surface area (Å²) >= 11 is 10.8. The molecule has 1 rings (SSSR count). The van der Waals surface area contributed by atoms with Crippen molar-refractivity contribution in [2.75, 3.05) is 0 Å². The van der Waals surface area contributed by atoms with E-state index in [1.165, 1.54) is 12.2 Å². The molecule has 0 radical (unpaired) electrons. The Balaban J connectivity index is 3.05. The summed E-state index contributed by atoms with van der Waals surface area (Å²) in [6.45, 7) is 0. The number of hydrogen-bond donors (Lipinski definition) is 1. The van der Waals surface area contributed by atoms with E-state index < -0.39 is 20.5 Å². The van der Waals surface area contributed by atoms with Gasteiger partial charge in [0.25, 0.3) is 0 Å². The standard InChI is InChI=1S/C7H7Cl2NO3S/c8-5-2-1-4(7(9)11)3-6(5)14(10,12)13/h1-2,6H,3H2,(H2,10,12,13). The number of primary sulfonamides is 1. The Morgan fingerprint density at radius 2 is 2.07 bits per heavy atom. The first-order chi connectivity index (χ1) is 6.32. The van der Waals surface area contributed by atoms with Crippen molar-refractivity contribution in [2.24, 2.45) is 5.14 Å². The molecule has 0 amide bonds. The van der Waals surface area contributed by atoms with E-state index in [0.29, 0.717) is 0 Å². The number of allylic oxidation sites excluding steroid dienone is 3. The van der Waals surface area contributed by atoms with Crippen molar-refractivity contribution in [3.8, 4) is 0 Å². The van der Waals surface area contributed by atoms with Crippen molar-refractivity contribution >= 4 is 38.5 Å². The van der Waals surface area contributed by atoms with Gasteiger partial charge in [-0.3, -0.25) is 4.79 Å². The molecule has 0 aromatic heterocycles. The van der Waals surface area contributed by atoms with Gasteiger partial charge in [-0.25, -0.2) is 13.6 Å². The maximum absolute atomic E-state index is 11.0. The van der Waals surface area contributed by atoms with Crippen molar-refractivity contribution < 1.29 is 13.2 Å². The molecule has 14 heavy (non-hydrogen) atoms. The fraction of sp³-hybridized carbons (Fsp3) is 0.286. The predicted octanol–water partition coefficient (Wildman–Crippen LogP) is 0.862. The highest BCUT2D eigenvalue weighted by Gasteiger charge is 2.29. The number of sulfonamides is 1. The highest BCUT2D eigenvalue weighted by Crippen LogP contribution is 2.27. The summed E-state index contributed by atoms with van der Waals surface area (Å²) in [5.74, 6) is 0. The molecular weight excluding hydrogens is 249 g/mol. The average molecular weight is 256 g/mol. The molecule has 2 N–H and O–H groups in total. The number of nitrogens with two attached hydrogens (primary N) is 1. The molecule has 0 aromatic rings. The second-order valence-electron chi connectivity index (χ2n) is 2.80. The van der Waals surface area contributed by atoms with E-state index in [0.717, 1.165) is 0 Å². The van der Waals surface area contributed by atoms with Crippen molar-refractivity contribution in [1.29, 1.82) is 0 Å². The molecule has 0 fully saturated rings. The third-order valence-electron chi connectivity index (χ3n) is 1.81. The minimum Gasteiger partial charge on any atom is -0.276 e. The minimum absolute atomic E-state index is 0.0729. The molecule has 0 spiro atoms. The van der Waals surface area contributed by atoms with Gasteiger partial charge in [-0.15, -0.1) is 0 Å². The average Bonchev–Trinajstić information content (AvgIpc) is 2.02. The monoisotopic (exact) mass is 255 g/mol. The quantitative estimate of drug-likeness (QED) is 0.744. The predicted molar refractivity (Wildman–Crippen MR) is 54.4 cm³/mol. The fourth-order valence-corrected chi connectivity index (χ4v) is 2.53. The molecule has 78 valence electrons. The van der Waals surface area contributed by atoms with Gasteiger partial charge < -0.3 is 0 Å². The molecule has 1 aliphatic carbocycles. The lowest BCUT2D eigenvalue weighted by molar-refractivity contribution is -0.108. The van der Waals surface area contributed by atoms with Crippen molar-refractivity contribution in [3.05, 3.63) is 22.8 Å². The van der Waals surface area contributed by atoms with Crippen molar-refractivity contribution in [2.45, 2.75) is 11.7 Å². The van der Waals surface area contributed by atoms with Gasteiger partial charge in [0.1, 0.15) is 5.25 Å². The summed E-state index contributed by atoms with van der Waals surface area (Å²) in [5.41, 5.74) is 0.190. The third kappa shape index (κ3) is 2.57. The first-order valence-electron chi connectivity index (χ1n) is 3.60. The SMILES string of the molecule is NS(=O)(=O)C1CC(C(=O)Cl)=CC=C1Cl. The van der Waals surface area contributed by atoms with Crippen LogP contribution in [-0.4, -0.2) is 18.9 Å². The van der Waals surface area contributed by atoms with E-state index in [1.807, 2.05) is 0 Å². The Kier molecular flexibility index (Phi) is 3.36. The summed E-state index contributed by atoms with van der Waals surface area (Å²) in [4.78, 5) is 10.8. The summed E-state index contributed by atoms with van der Waals surface area (Å²) in [7, 11) is -3.79. The molecule has 1 unspecified atom stereocenters. The molecule has 7 heteroatoms. The van der Waals surface area contributed by atoms with Crippen LogP contribution in [0.2, 0.25) is 0 Å². The first kappa shape index (κ1) is 11.7. The first-order valence-corrected chi connectivity index (χ1v) is 5.96.